The van der Waals surface area contributed by atoms with Crippen molar-refractivity contribution in [2.75, 3.05) is 6.61 Å². The zero-order chi connectivity index (χ0) is 11.5. The lowest BCUT2D eigenvalue weighted by Crippen LogP contribution is -2.09. The van der Waals surface area contributed by atoms with Gasteiger partial charge in [0.05, 0.1) is 12.2 Å². The Morgan fingerprint density at radius 3 is 3.00 bits per heavy atom. The molecule has 1 aliphatic rings. The number of esters is 1. The van der Waals surface area contributed by atoms with Gasteiger partial charge >= 0.3 is 5.97 Å². The number of nitrogens with zero attached hydrogens (tertiary/aromatic N) is 1. The van der Waals surface area contributed by atoms with Gasteiger partial charge in [0.1, 0.15) is 5.03 Å². The Hall–Kier alpha value is -1.03. The standard InChI is InChI=1S/C12H15NO2S/c1-3-15-12(14)10-8(2)6-7-13-11(10)16-9-4-5-9/h6-7,9H,3-5H2,1-2H3. The van der Waals surface area contributed by atoms with E-state index in [-0.39, 0.29) is 5.97 Å². The summed E-state index contributed by atoms with van der Waals surface area (Å²) < 4.78 is 5.06. The van der Waals surface area contributed by atoms with Gasteiger partial charge in [-0.15, -0.1) is 11.8 Å². The second kappa shape index (κ2) is 4.87. The maximum atomic E-state index is 11.8. The number of hydrogen-bond acceptors (Lipinski definition) is 4. The van der Waals surface area contributed by atoms with Crippen LogP contribution in [0, 0.1) is 6.92 Å². The molecule has 1 saturated carbocycles. The molecule has 0 spiro atoms. The number of hydrogen-bond donors (Lipinski definition) is 0. The first kappa shape index (κ1) is 11.5. The molecule has 1 fully saturated rings. The number of carbonyl (C=O) groups is 1. The van der Waals surface area contributed by atoms with Gasteiger partial charge < -0.3 is 4.74 Å². The van der Waals surface area contributed by atoms with Gasteiger partial charge in [-0.05, 0) is 38.3 Å². The van der Waals surface area contributed by atoms with Crippen molar-refractivity contribution in [2.45, 2.75) is 37.0 Å². The van der Waals surface area contributed by atoms with Crippen LogP contribution < -0.4 is 0 Å². The van der Waals surface area contributed by atoms with Crippen molar-refractivity contribution in [3.63, 3.8) is 0 Å². The van der Waals surface area contributed by atoms with Gasteiger partial charge in [0.25, 0.3) is 0 Å². The average molecular weight is 237 g/mol. The lowest BCUT2D eigenvalue weighted by atomic mass is 10.2. The fraction of sp³-hybridized carbons (Fsp3) is 0.500. The molecule has 0 amide bonds. The molecule has 0 radical (unpaired) electrons. The number of rotatable bonds is 4. The molecule has 1 aliphatic carbocycles. The third-order valence-corrected chi connectivity index (χ3v) is 3.74. The summed E-state index contributed by atoms with van der Waals surface area (Å²) in [4.78, 5) is 16.1. The van der Waals surface area contributed by atoms with Gasteiger partial charge in [0.2, 0.25) is 0 Å². The summed E-state index contributed by atoms with van der Waals surface area (Å²) in [5.74, 6) is -0.253. The number of aromatic nitrogens is 1. The van der Waals surface area contributed by atoms with Crippen LogP contribution in [0.15, 0.2) is 17.3 Å². The van der Waals surface area contributed by atoms with Crippen molar-refractivity contribution >= 4 is 17.7 Å². The van der Waals surface area contributed by atoms with Crippen LogP contribution in [0.3, 0.4) is 0 Å². The van der Waals surface area contributed by atoms with Crippen LogP contribution >= 0.6 is 11.8 Å². The Kier molecular flexibility index (Phi) is 3.49. The first-order valence-corrected chi connectivity index (χ1v) is 6.39. The van der Waals surface area contributed by atoms with Gasteiger partial charge in [-0.25, -0.2) is 9.78 Å². The lowest BCUT2D eigenvalue weighted by Gasteiger charge is -2.09. The van der Waals surface area contributed by atoms with Gasteiger partial charge in [0.15, 0.2) is 0 Å². The van der Waals surface area contributed by atoms with E-state index in [0.29, 0.717) is 17.4 Å². The fourth-order valence-corrected chi connectivity index (χ4v) is 2.59. The third-order valence-electron chi connectivity index (χ3n) is 2.41. The fourth-order valence-electron chi connectivity index (χ4n) is 1.42. The molecule has 0 bridgehead atoms. The van der Waals surface area contributed by atoms with E-state index in [0.717, 1.165) is 10.6 Å². The molecule has 1 heterocycles. The zero-order valence-electron chi connectivity index (χ0n) is 9.53. The van der Waals surface area contributed by atoms with E-state index >= 15 is 0 Å². The molecule has 1 aromatic rings. The quantitative estimate of drug-likeness (QED) is 0.755. The van der Waals surface area contributed by atoms with Gasteiger partial charge in [0, 0.05) is 11.4 Å². The predicted octanol–water partition coefficient (Wildman–Crippen LogP) is 2.82. The van der Waals surface area contributed by atoms with Crippen LogP contribution in [0.25, 0.3) is 0 Å². The van der Waals surface area contributed by atoms with E-state index in [1.165, 1.54) is 12.8 Å². The van der Waals surface area contributed by atoms with Crippen LogP contribution in [0.4, 0.5) is 0 Å². The molecule has 3 nitrogen and oxygen atoms in total. The minimum absolute atomic E-state index is 0.253. The maximum Gasteiger partial charge on any atom is 0.341 e. The number of carbonyl (C=O) groups excluding carboxylic acids is 1. The van der Waals surface area contributed by atoms with Gasteiger partial charge in [-0.1, -0.05) is 0 Å². The van der Waals surface area contributed by atoms with E-state index < -0.39 is 0 Å². The second-order valence-electron chi connectivity index (χ2n) is 3.85. The molecule has 0 saturated heterocycles. The molecule has 16 heavy (non-hydrogen) atoms. The van der Waals surface area contributed by atoms with Crippen LogP contribution in [0.1, 0.15) is 35.7 Å². The number of pyridine rings is 1. The topological polar surface area (TPSA) is 39.2 Å². The minimum atomic E-state index is -0.253. The zero-order valence-corrected chi connectivity index (χ0v) is 10.3. The third kappa shape index (κ3) is 2.55. The number of aryl methyl sites for hydroxylation is 1. The highest BCUT2D eigenvalue weighted by atomic mass is 32.2. The smallest absolute Gasteiger partial charge is 0.341 e. The van der Waals surface area contributed by atoms with E-state index in [1.807, 2.05) is 19.9 Å². The van der Waals surface area contributed by atoms with Crippen molar-refractivity contribution < 1.29 is 9.53 Å². The van der Waals surface area contributed by atoms with Crippen molar-refractivity contribution in [3.05, 3.63) is 23.4 Å². The summed E-state index contributed by atoms with van der Waals surface area (Å²) in [6.07, 6.45) is 4.20. The molecule has 86 valence electrons. The van der Waals surface area contributed by atoms with Crippen LogP contribution in [0.5, 0.6) is 0 Å². The SMILES string of the molecule is CCOC(=O)c1c(C)ccnc1SC1CC1. The van der Waals surface area contributed by atoms with E-state index in [9.17, 15) is 4.79 Å². The first-order valence-electron chi connectivity index (χ1n) is 5.51. The summed E-state index contributed by atoms with van der Waals surface area (Å²) in [5, 5.41) is 1.46. The Morgan fingerprint density at radius 1 is 1.62 bits per heavy atom. The molecule has 0 aromatic carbocycles. The molecule has 4 heteroatoms. The number of thioether (sulfide) groups is 1. The molecule has 0 atom stereocenters. The van der Waals surface area contributed by atoms with Crippen LogP contribution in [-0.4, -0.2) is 22.8 Å². The summed E-state index contributed by atoms with van der Waals surface area (Å²) in [5.41, 5.74) is 1.58. The normalized spacial score (nSPS) is 14.9. The largest absolute Gasteiger partial charge is 0.462 e. The number of ether oxygens (including phenoxy) is 1. The van der Waals surface area contributed by atoms with Crippen molar-refractivity contribution in [2.24, 2.45) is 0 Å². The highest BCUT2D eigenvalue weighted by Crippen LogP contribution is 2.40. The molecule has 0 unspecified atom stereocenters. The lowest BCUT2D eigenvalue weighted by molar-refractivity contribution is 0.0520. The van der Waals surface area contributed by atoms with Crippen molar-refractivity contribution in [1.29, 1.82) is 0 Å². The first-order chi connectivity index (χ1) is 7.72. The monoisotopic (exact) mass is 237 g/mol. The molecular weight excluding hydrogens is 222 g/mol. The average Bonchev–Trinajstić information content (AvgIpc) is 3.02. The van der Waals surface area contributed by atoms with Gasteiger partial charge in [-0.3, -0.25) is 0 Å². The Bertz CT molecular complexity index is 402. The Labute approximate surface area is 99.6 Å². The summed E-state index contributed by atoms with van der Waals surface area (Å²) in [7, 11) is 0. The highest BCUT2D eigenvalue weighted by Gasteiger charge is 2.26. The maximum absolute atomic E-state index is 11.8. The molecule has 2 rings (SSSR count). The molecule has 0 N–H and O–H groups in total. The summed E-state index contributed by atoms with van der Waals surface area (Å²) in [6, 6.07) is 1.85. The Balaban J connectivity index is 2.27. The minimum Gasteiger partial charge on any atom is -0.462 e. The highest BCUT2D eigenvalue weighted by molar-refractivity contribution is 8.00. The second-order valence-corrected chi connectivity index (χ2v) is 5.13. The summed E-state index contributed by atoms with van der Waals surface area (Å²) >= 11 is 1.69. The van der Waals surface area contributed by atoms with Gasteiger partial charge in [-0.2, -0.15) is 0 Å². The Morgan fingerprint density at radius 2 is 2.38 bits per heavy atom. The van der Waals surface area contributed by atoms with E-state index in [4.69, 9.17) is 4.74 Å². The van der Waals surface area contributed by atoms with E-state index in [1.54, 1.807) is 18.0 Å². The molecular formula is C12H15NO2S. The van der Waals surface area contributed by atoms with E-state index in [2.05, 4.69) is 4.98 Å². The van der Waals surface area contributed by atoms with Crippen molar-refractivity contribution in [1.82, 2.24) is 4.98 Å². The van der Waals surface area contributed by atoms with Crippen LogP contribution in [-0.2, 0) is 4.74 Å². The molecule has 1 aromatic heterocycles. The summed E-state index contributed by atoms with van der Waals surface area (Å²) in [6.45, 7) is 4.14. The van der Waals surface area contributed by atoms with Crippen molar-refractivity contribution in [3.8, 4) is 0 Å². The predicted molar refractivity (Wildman–Crippen MR) is 63.8 cm³/mol. The van der Waals surface area contributed by atoms with Crippen LogP contribution in [0.2, 0.25) is 0 Å². The molecule has 0 aliphatic heterocycles.